The second-order valence-electron chi connectivity index (χ2n) is 5.02. The average molecular weight is 284 g/mol. The first-order valence-electron chi connectivity index (χ1n) is 7.10. The molecule has 0 unspecified atom stereocenters. The normalized spacial score (nSPS) is 11.2. The summed E-state index contributed by atoms with van der Waals surface area (Å²) >= 11 is 0. The molecular formula is C17H20N2O2. The number of rotatable bonds is 6. The second-order valence-corrected chi connectivity index (χ2v) is 5.02. The van der Waals surface area contributed by atoms with Crippen LogP contribution in [-0.4, -0.2) is 21.7 Å². The molecule has 0 saturated carbocycles. The van der Waals surface area contributed by atoms with Crippen LogP contribution >= 0.6 is 0 Å². The van der Waals surface area contributed by atoms with Crippen molar-refractivity contribution in [2.75, 3.05) is 0 Å². The number of aromatic nitrogens is 2. The van der Waals surface area contributed by atoms with Gasteiger partial charge >= 0.3 is 0 Å². The summed E-state index contributed by atoms with van der Waals surface area (Å²) in [4.78, 5) is 12.0. The lowest BCUT2D eigenvalue weighted by Gasteiger charge is -2.09. The van der Waals surface area contributed by atoms with Crippen LogP contribution in [0.2, 0.25) is 0 Å². The van der Waals surface area contributed by atoms with Crippen molar-refractivity contribution < 1.29 is 9.53 Å². The number of hydrogen-bond acceptors (Lipinski definition) is 3. The largest absolute Gasteiger partial charge is 0.491 e. The van der Waals surface area contributed by atoms with Crippen LogP contribution in [0.5, 0.6) is 5.75 Å². The van der Waals surface area contributed by atoms with Crippen LogP contribution in [0, 0.1) is 0 Å². The number of hydrogen-bond donors (Lipinski definition) is 0. The molecule has 4 heteroatoms. The fraction of sp³-hybridized carbons (Fsp3) is 0.294. The molecule has 1 heterocycles. The van der Waals surface area contributed by atoms with Crippen LogP contribution < -0.4 is 4.74 Å². The number of aryl methyl sites for hydroxylation is 1. The van der Waals surface area contributed by atoms with Gasteiger partial charge in [0.25, 0.3) is 0 Å². The first kappa shape index (κ1) is 15.0. The fourth-order valence-corrected chi connectivity index (χ4v) is 1.86. The smallest absolute Gasteiger partial charge is 0.189 e. The third-order valence-corrected chi connectivity index (χ3v) is 2.92. The van der Waals surface area contributed by atoms with E-state index in [2.05, 4.69) is 5.10 Å². The zero-order valence-electron chi connectivity index (χ0n) is 12.6. The Morgan fingerprint density at radius 3 is 2.62 bits per heavy atom. The molecule has 0 fully saturated rings. The van der Waals surface area contributed by atoms with Gasteiger partial charge in [-0.05, 0) is 44.5 Å². The number of nitrogens with zero attached hydrogens (tertiary/aromatic N) is 2. The van der Waals surface area contributed by atoms with Crippen LogP contribution in [0.3, 0.4) is 0 Å². The third-order valence-electron chi connectivity index (χ3n) is 2.92. The molecule has 0 aliphatic heterocycles. The van der Waals surface area contributed by atoms with E-state index in [1.165, 1.54) is 0 Å². The van der Waals surface area contributed by atoms with Crippen molar-refractivity contribution >= 4 is 11.9 Å². The van der Waals surface area contributed by atoms with E-state index in [1.54, 1.807) is 29.2 Å². The summed E-state index contributed by atoms with van der Waals surface area (Å²) in [5.41, 5.74) is 1.57. The van der Waals surface area contributed by atoms with Gasteiger partial charge in [-0.1, -0.05) is 18.2 Å². The highest BCUT2D eigenvalue weighted by Gasteiger charge is 2.04. The fourth-order valence-electron chi connectivity index (χ4n) is 1.86. The Bertz CT molecular complexity index is 624. The van der Waals surface area contributed by atoms with Gasteiger partial charge in [0.2, 0.25) is 0 Å². The van der Waals surface area contributed by atoms with E-state index in [-0.39, 0.29) is 11.9 Å². The number of ketones is 1. The molecule has 0 aliphatic carbocycles. The molecule has 0 radical (unpaired) electrons. The average Bonchev–Trinajstić information content (AvgIpc) is 2.94. The van der Waals surface area contributed by atoms with Gasteiger partial charge in [0, 0.05) is 12.7 Å². The Labute approximate surface area is 125 Å². The maximum Gasteiger partial charge on any atom is 0.189 e. The van der Waals surface area contributed by atoms with Crippen molar-refractivity contribution in [1.82, 2.24) is 9.78 Å². The maximum atomic E-state index is 12.0. The van der Waals surface area contributed by atoms with Gasteiger partial charge < -0.3 is 4.74 Å². The summed E-state index contributed by atoms with van der Waals surface area (Å²) in [6.45, 7) is 6.72. The van der Waals surface area contributed by atoms with E-state index in [0.29, 0.717) is 5.56 Å². The molecule has 2 aromatic rings. The van der Waals surface area contributed by atoms with E-state index < -0.39 is 0 Å². The third kappa shape index (κ3) is 4.31. The highest BCUT2D eigenvalue weighted by Crippen LogP contribution is 2.15. The van der Waals surface area contributed by atoms with Crippen molar-refractivity contribution in [2.24, 2.45) is 0 Å². The lowest BCUT2D eigenvalue weighted by Crippen LogP contribution is -2.05. The topological polar surface area (TPSA) is 44.1 Å². The van der Waals surface area contributed by atoms with Crippen molar-refractivity contribution in [1.29, 1.82) is 0 Å². The Kier molecular flexibility index (Phi) is 4.93. The zero-order chi connectivity index (χ0) is 15.2. The van der Waals surface area contributed by atoms with Crippen LogP contribution in [0.4, 0.5) is 0 Å². The van der Waals surface area contributed by atoms with E-state index in [1.807, 2.05) is 45.0 Å². The molecule has 1 aromatic carbocycles. The van der Waals surface area contributed by atoms with Crippen LogP contribution in [-0.2, 0) is 6.54 Å². The first-order valence-corrected chi connectivity index (χ1v) is 7.10. The quantitative estimate of drug-likeness (QED) is 0.601. The van der Waals surface area contributed by atoms with Gasteiger partial charge in [0.05, 0.1) is 17.9 Å². The minimum atomic E-state index is -0.0443. The standard InChI is InChI=1S/C17H20N2O2/c1-4-19-12-15(11-18-19)17(20)10-7-14-5-8-16(9-6-14)21-13(2)3/h5-13H,4H2,1-3H3/b10-7+. The molecule has 0 N–H and O–H groups in total. The minimum Gasteiger partial charge on any atom is -0.491 e. The van der Waals surface area contributed by atoms with Gasteiger partial charge in [-0.3, -0.25) is 9.48 Å². The number of allylic oxidation sites excluding steroid dienone is 1. The van der Waals surface area contributed by atoms with E-state index in [9.17, 15) is 4.79 Å². The Balaban J connectivity index is 2.01. The summed E-state index contributed by atoms with van der Waals surface area (Å²) in [6, 6.07) is 7.66. The van der Waals surface area contributed by atoms with Crippen molar-refractivity contribution in [3.05, 3.63) is 53.9 Å². The van der Waals surface area contributed by atoms with E-state index >= 15 is 0 Å². The molecule has 0 bridgehead atoms. The number of carbonyl (C=O) groups excluding carboxylic acids is 1. The first-order chi connectivity index (χ1) is 10.1. The van der Waals surface area contributed by atoms with E-state index in [0.717, 1.165) is 17.9 Å². The SMILES string of the molecule is CCn1cc(C(=O)/C=C/c2ccc(OC(C)C)cc2)cn1. The molecule has 0 atom stereocenters. The summed E-state index contributed by atoms with van der Waals surface area (Å²) < 4.78 is 7.31. The molecule has 0 amide bonds. The monoisotopic (exact) mass is 284 g/mol. The van der Waals surface area contributed by atoms with Crippen LogP contribution in [0.15, 0.2) is 42.7 Å². The molecule has 0 saturated heterocycles. The Morgan fingerprint density at radius 1 is 1.33 bits per heavy atom. The van der Waals surface area contributed by atoms with Crippen molar-refractivity contribution in [3.63, 3.8) is 0 Å². The molecule has 21 heavy (non-hydrogen) atoms. The molecule has 110 valence electrons. The Morgan fingerprint density at radius 2 is 2.05 bits per heavy atom. The summed E-state index contributed by atoms with van der Waals surface area (Å²) in [5, 5.41) is 4.10. The molecule has 0 aliphatic rings. The van der Waals surface area contributed by atoms with E-state index in [4.69, 9.17) is 4.74 Å². The lowest BCUT2D eigenvalue weighted by atomic mass is 10.1. The van der Waals surface area contributed by atoms with Gasteiger partial charge in [0.1, 0.15) is 5.75 Å². The van der Waals surface area contributed by atoms with Gasteiger partial charge in [-0.15, -0.1) is 0 Å². The lowest BCUT2D eigenvalue weighted by molar-refractivity contribution is 0.104. The number of carbonyl (C=O) groups is 1. The minimum absolute atomic E-state index is 0.0443. The second kappa shape index (κ2) is 6.88. The summed E-state index contributed by atoms with van der Waals surface area (Å²) in [7, 11) is 0. The van der Waals surface area contributed by atoms with Gasteiger partial charge in [-0.25, -0.2) is 0 Å². The molecule has 2 rings (SSSR count). The molecule has 1 aromatic heterocycles. The van der Waals surface area contributed by atoms with Crippen molar-refractivity contribution in [3.8, 4) is 5.75 Å². The van der Waals surface area contributed by atoms with Crippen LogP contribution in [0.1, 0.15) is 36.7 Å². The van der Waals surface area contributed by atoms with Crippen LogP contribution in [0.25, 0.3) is 6.08 Å². The highest BCUT2D eigenvalue weighted by atomic mass is 16.5. The highest BCUT2D eigenvalue weighted by molar-refractivity contribution is 6.06. The predicted molar refractivity (Wildman–Crippen MR) is 83.5 cm³/mol. The van der Waals surface area contributed by atoms with Gasteiger partial charge in [-0.2, -0.15) is 5.10 Å². The van der Waals surface area contributed by atoms with Gasteiger partial charge in [0.15, 0.2) is 5.78 Å². The summed E-state index contributed by atoms with van der Waals surface area (Å²) in [5.74, 6) is 0.787. The molecule has 0 spiro atoms. The predicted octanol–water partition coefficient (Wildman–Crippen LogP) is 3.59. The number of benzene rings is 1. The molecular weight excluding hydrogens is 264 g/mol. The maximum absolute atomic E-state index is 12.0. The molecule has 4 nitrogen and oxygen atoms in total. The summed E-state index contributed by atoms with van der Waals surface area (Å²) in [6.07, 6.45) is 6.87. The number of ether oxygens (including phenoxy) is 1. The van der Waals surface area contributed by atoms with Crippen molar-refractivity contribution in [2.45, 2.75) is 33.4 Å². The Hall–Kier alpha value is -2.36. The zero-order valence-corrected chi connectivity index (χ0v) is 12.6.